The molecule has 0 bridgehead atoms. The van der Waals surface area contributed by atoms with Gasteiger partial charge in [0.15, 0.2) is 11.5 Å². The van der Waals surface area contributed by atoms with Gasteiger partial charge in [-0.3, -0.25) is 0 Å². The van der Waals surface area contributed by atoms with E-state index in [4.69, 9.17) is 18.9 Å². The zero-order valence-corrected chi connectivity index (χ0v) is 34.1. The fourth-order valence-corrected chi connectivity index (χ4v) is 5.22. The molecule has 0 aromatic heterocycles. The van der Waals surface area contributed by atoms with Gasteiger partial charge in [0.1, 0.15) is 11.5 Å². The number of β-amino-alcohol motifs (C(OH)–C–C–N with tert-alkyl or cyclic N) is 1. The molecule has 3 atom stereocenters. The average molecular weight is 765 g/mol. The van der Waals surface area contributed by atoms with Crippen LogP contribution in [0.5, 0.6) is 23.0 Å². The Morgan fingerprint density at radius 1 is 0.667 bits per heavy atom. The second-order valence-corrected chi connectivity index (χ2v) is 15.1. The van der Waals surface area contributed by atoms with Crippen LogP contribution in [0, 0.1) is 13.8 Å². The van der Waals surface area contributed by atoms with Crippen molar-refractivity contribution in [3.8, 4) is 23.0 Å². The minimum atomic E-state index is -0.849. The normalized spacial score (nSPS) is 12.9. The molecule has 4 aromatic rings. The molecule has 0 spiro atoms. The van der Waals surface area contributed by atoms with E-state index in [9.17, 15) is 19.8 Å². The Bertz CT molecular complexity index is 1800. The predicted octanol–water partition coefficient (Wildman–Crippen LogP) is 8.10. The van der Waals surface area contributed by atoms with Crippen LogP contribution in [0.4, 0.5) is 0 Å². The maximum atomic E-state index is 12.8. The molecule has 0 saturated carbocycles. The van der Waals surface area contributed by atoms with Crippen LogP contribution in [0.15, 0.2) is 84.9 Å². The molecule has 11 heteroatoms. The number of benzene rings is 4. The lowest BCUT2D eigenvalue weighted by molar-refractivity contribution is 0.0681. The third-order valence-electron chi connectivity index (χ3n) is 8.05. The van der Waals surface area contributed by atoms with Gasteiger partial charge in [0.2, 0.25) is 0 Å². The number of hydrogen-bond donors (Lipinski definition) is 4. The van der Waals surface area contributed by atoms with Crippen LogP contribution in [0.3, 0.4) is 0 Å². The van der Waals surface area contributed by atoms with E-state index in [-0.39, 0.29) is 41.0 Å². The highest BCUT2D eigenvalue weighted by atomic mass is 35.5. The maximum Gasteiger partial charge on any atom is 0.343 e. The third-order valence-corrected chi connectivity index (χ3v) is 8.05. The van der Waals surface area contributed by atoms with Crippen LogP contribution >= 0.6 is 12.4 Å². The zero-order chi connectivity index (χ0) is 39.5. The molecule has 294 valence electrons. The zero-order valence-electron chi connectivity index (χ0n) is 33.3. The number of esters is 2. The minimum Gasteiger partial charge on any atom is -0.497 e. The van der Waals surface area contributed by atoms with Crippen molar-refractivity contribution >= 4 is 24.3 Å². The fraction of sp³-hybridized carbons (Fsp3) is 0.395. The Hall–Kier alpha value is -4.45. The molecule has 4 N–H and O–H groups in total. The van der Waals surface area contributed by atoms with Gasteiger partial charge in [-0.2, -0.15) is 0 Å². The number of methoxy groups -OCH3 is 2. The van der Waals surface area contributed by atoms with Crippen LogP contribution < -0.4 is 29.6 Å². The first kappa shape index (κ1) is 45.7. The topological polar surface area (TPSA) is 136 Å². The summed E-state index contributed by atoms with van der Waals surface area (Å²) in [6.07, 6.45) is -1.51. The van der Waals surface area contributed by atoms with E-state index in [2.05, 4.69) is 31.4 Å². The Kier molecular flexibility index (Phi) is 17.2. The van der Waals surface area contributed by atoms with Crippen LogP contribution in [0.25, 0.3) is 0 Å². The van der Waals surface area contributed by atoms with Gasteiger partial charge in [0.25, 0.3) is 0 Å². The second-order valence-electron chi connectivity index (χ2n) is 15.1. The van der Waals surface area contributed by atoms with Gasteiger partial charge in [0.05, 0.1) is 37.6 Å². The number of carbonyl (C=O) groups is 2. The molecular weight excluding hydrogens is 708 g/mol. The highest BCUT2D eigenvalue weighted by Crippen LogP contribution is 2.33. The molecule has 4 rings (SSSR count). The standard InChI is InChI=1S/C28H31NO5.C15H25NO3.ClH/c1-18-6-10-20(11-7-18)26(31)33-24-15-14-22(23(30)17-29-28(3,4)5)16-25(24)34-27(32)21-12-8-19(2)9-13-21;1-10(16-15(2,3)4)14(17)12-9-11(18-5)7-8-13(12)19-6;/h6-16,23,29-30H,17H2,1-5H3;7-10,14,16-17H,1-6H3;1H. The molecule has 0 radical (unpaired) electrons. The first-order chi connectivity index (χ1) is 24.8. The lowest BCUT2D eigenvalue weighted by Crippen LogP contribution is -2.45. The van der Waals surface area contributed by atoms with Gasteiger partial charge < -0.3 is 39.8 Å². The second kappa shape index (κ2) is 20.3. The van der Waals surface area contributed by atoms with Gasteiger partial charge in [-0.25, -0.2) is 9.59 Å². The molecule has 4 aromatic carbocycles. The molecule has 0 aliphatic heterocycles. The van der Waals surface area contributed by atoms with Gasteiger partial charge in [0, 0.05) is 29.2 Å². The van der Waals surface area contributed by atoms with E-state index in [1.807, 2.05) is 77.9 Å². The highest BCUT2D eigenvalue weighted by Gasteiger charge is 2.25. The molecular formula is C43H57ClN2O8. The van der Waals surface area contributed by atoms with Crippen molar-refractivity contribution in [2.75, 3.05) is 20.8 Å². The molecule has 0 fully saturated rings. The van der Waals surface area contributed by atoms with Gasteiger partial charge in [-0.1, -0.05) is 41.5 Å². The molecule has 0 heterocycles. The van der Waals surface area contributed by atoms with Crippen LogP contribution in [0.2, 0.25) is 0 Å². The molecule has 10 nitrogen and oxygen atoms in total. The number of nitrogens with one attached hydrogen (secondary N) is 2. The fourth-order valence-electron chi connectivity index (χ4n) is 5.22. The van der Waals surface area contributed by atoms with E-state index < -0.39 is 24.1 Å². The summed E-state index contributed by atoms with van der Waals surface area (Å²) in [6, 6.07) is 24.0. The van der Waals surface area contributed by atoms with Gasteiger partial charge >= 0.3 is 11.9 Å². The Labute approximate surface area is 326 Å². The number of aryl methyl sites for hydroxylation is 2. The number of carbonyl (C=O) groups excluding carboxylic acids is 2. The largest absolute Gasteiger partial charge is 0.497 e. The number of aliphatic hydroxyl groups excluding tert-OH is 2. The molecule has 0 saturated heterocycles. The maximum absolute atomic E-state index is 12.8. The Morgan fingerprint density at radius 3 is 1.63 bits per heavy atom. The van der Waals surface area contributed by atoms with E-state index in [1.54, 1.807) is 50.6 Å². The summed E-state index contributed by atoms with van der Waals surface area (Å²) in [6.45, 7) is 18.3. The monoisotopic (exact) mass is 764 g/mol. The lowest BCUT2D eigenvalue weighted by atomic mass is 9.99. The van der Waals surface area contributed by atoms with Crippen molar-refractivity contribution < 1.29 is 38.7 Å². The van der Waals surface area contributed by atoms with Crippen LogP contribution in [0.1, 0.15) is 104 Å². The molecule has 54 heavy (non-hydrogen) atoms. The number of aliphatic hydroxyl groups is 2. The van der Waals surface area contributed by atoms with Crippen molar-refractivity contribution in [2.24, 2.45) is 0 Å². The summed E-state index contributed by atoms with van der Waals surface area (Å²) in [5.41, 5.74) is 3.79. The SMILES string of the molecule is COc1ccc(OC)c(C(O)C(C)NC(C)(C)C)c1.Cc1ccc(C(=O)Oc2ccc(C(O)CNC(C)(C)C)cc2OC(=O)c2ccc(C)cc2)cc1.Cl. The highest BCUT2D eigenvalue weighted by molar-refractivity contribution is 5.93. The van der Waals surface area contributed by atoms with Crippen molar-refractivity contribution in [3.63, 3.8) is 0 Å². The van der Waals surface area contributed by atoms with Crippen molar-refractivity contribution in [3.05, 3.63) is 118 Å². The summed E-state index contributed by atoms with van der Waals surface area (Å²) in [4.78, 5) is 25.5. The van der Waals surface area contributed by atoms with Crippen LogP contribution in [-0.4, -0.2) is 60.0 Å². The molecule has 0 aliphatic rings. The number of ether oxygens (including phenoxy) is 4. The third kappa shape index (κ3) is 14.4. The van der Waals surface area contributed by atoms with E-state index >= 15 is 0 Å². The summed E-state index contributed by atoms with van der Waals surface area (Å²) in [5, 5.41) is 27.7. The Balaban J connectivity index is 0.000000430. The molecule has 0 amide bonds. The lowest BCUT2D eigenvalue weighted by Gasteiger charge is -2.30. The first-order valence-electron chi connectivity index (χ1n) is 17.6. The summed E-state index contributed by atoms with van der Waals surface area (Å²) in [7, 11) is 3.20. The van der Waals surface area contributed by atoms with Gasteiger partial charge in [-0.05, 0) is 122 Å². The summed E-state index contributed by atoms with van der Waals surface area (Å²) in [5.74, 6) is 0.347. The van der Waals surface area contributed by atoms with E-state index in [1.165, 1.54) is 12.1 Å². The van der Waals surface area contributed by atoms with Crippen molar-refractivity contribution in [1.29, 1.82) is 0 Å². The van der Waals surface area contributed by atoms with Crippen molar-refractivity contribution in [1.82, 2.24) is 10.6 Å². The quantitative estimate of drug-likeness (QED) is 0.0828. The smallest absolute Gasteiger partial charge is 0.343 e. The average Bonchev–Trinajstić information content (AvgIpc) is 3.10. The predicted molar refractivity (Wildman–Crippen MR) is 216 cm³/mol. The van der Waals surface area contributed by atoms with Gasteiger partial charge in [-0.15, -0.1) is 12.4 Å². The number of rotatable bonds is 12. The Morgan fingerprint density at radius 2 is 1.17 bits per heavy atom. The van der Waals surface area contributed by atoms with E-state index in [0.717, 1.165) is 16.7 Å². The number of hydrogen-bond acceptors (Lipinski definition) is 10. The minimum absolute atomic E-state index is 0. The molecule has 3 unspecified atom stereocenters. The first-order valence-corrected chi connectivity index (χ1v) is 17.6. The summed E-state index contributed by atoms with van der Waals surface area (Å²) < 4.78 is 21.7. The number of halogens is 1. The molecule has 0 aliphatic carbocycles. The van der Waals surface area contributed by atoms with Crippen molar-refractivity contribution in [2.45, 2.75) is 91.6 Å². The van der Waals surface area contributed by atoms with Crippen LogP contribution in [-0.2, 0) is 0 Å². The van der Waals surface area contributed by atoms with E-state index in [0.29, 0.717) is 34.7 Å². The summed E-state index contributed by atoms with van der Waals surface area (Å²) >= 11 is 0.